The van der Waals surface area contributed by atoms with E-state index in [-0.39, 0.29) is 24.0 Å². The van der Waals surface area contributed by atoms with E-state index in [0.29, 0.717) is 11.3 Å². The van der Waals surface area contributed by atoms with E-state index >= 15 is 0 Å². The van der Waals surface area contributed by atoms with Crippen molar-refractivity contribution < 1.29 is 14.4 Å². The van der Waals surface area contributed by atoms with Crippen molar-refractivity contribution in [3.05, 3.63) is 29.8 Å². The molecule has 0 bridgehead atoms. The Hall–Kier alpha value is -1.97. The van der Waals surface area contributed by atoms with Crippen LogP contribution in [0.15, 0.2) is 24.3 Å². The third-order valence-electron chi connectivity index (χ3n) is 3.14. The van der Waals surface area contributed by atoms with Gasteiger partial charge in [-0.25, -0.2) is 0 Å². The molecule has 0 N–H and O–H groups in total. The maximum Gasteiger partial charge on any atom is 0.239 e. The highest BCUT2D eigenvalue weighted by Gasteiger charge is 2.45. The minimum Gasteiger partial charge on any atom is -0.295 e. The molecule has 0 aliphatic carbocycles. The lowest BCUT2D eigenvalue weighted by Gasteiger charge is -2.18. The fourth-order valence-electron chi connectivity index (χ4n) is 2.07. The number of imide groups is 1. The number of carbonyl (C=O) groups excluding carboxylic acids is 3. The van der Waals surface area contributed by atoms with Crippen molar-refractivity contribution in [3.63, 3.8) is 0 Å². The molecule has 1 aliphatic rings. The first-order valence-electron chi connectivity index (χ1n) is 5.81. The van der Waals surface area contributed by atoms with E-state index in [1.807, 2.05) is 0 Å². The van der Waals surface area contributed by atoms with Crippen LogP contribution in [0.25, 0.3) is 0 Å². The lowest BCUT2D eigenvalue weighted by Crippen LogP contribution is -2.33. The molecule has 0 atom stereocenters. The van der Waals surface area contributed by atoms with Crippen LogP contribution < -0.4 is 4.90 Å². The van der Waals surface area contributed by atoms with Gasteiger partial charge in [-0.2, -0.15) is 0 Å². The predicted octanol–water partition coefficient (Wildman–Crippen LogP) is 2.18. The Bertz CT molecular complexity index is 546. The number of carbonyl (C=O) groups is 3. The van der Waals surface area contributed by atoms with Crippen LogP contribution in [0.4, 0.5) is 5.69 Å². The first-order chi connectivity index (χ1) is 8.33. The van der Waals surface area contributed by atoms with Crippen molar-refractivity contribution in [2.24, 2.45) is 5.41 Å². The van der Waals surface area contributed by atoms with Crippen LogP contribution in [-0.2, 0) is 9.59 Å². The quantitative estimate of drug-likeness (QED) is 0.592. The number of Topliss-reactive ketones (excluding diaryl/α,β-unsaturated/α-hetero) is 1. The van der Waals surface area contributed by atoms with Gasteiger partial charge in [0, 0.05) is 12.0 Å². The molecule has 94 valence electrons. The second kappa shape index (κ2) is 4.05. The summed E-state index contributed by atoms with van der Waals surface area (Å²) in [6, 6.07) is 6.60. The van der Waals surface area contributed by atoms with E-state index in [4.69, 9.17) is 0 Å². The Balaban J connectivity index is 2.44. The smallest absolute Gasteiger partial charge is 0.239 e. The standard InChI is InChI=1S/C14H15NO3/c1-9(16)10-5-4-6-11(7-10)15-12(17)8-14(2,3)13(15)18/h4-7H,8H2,1-3H3. The molecule has 2 rings (SSSR count). The molecule has 0 spiro atoms. The maximum absolute atomic E-state index is 12.1. The lowest BCUT2D eigenvalue weighted by molar-refractivity contribution is -0.124. The normalized spacial score (nSPS) is 18.3. The van der Waals surface area contributed by atoms with Crippen LogP contribution in [0.5, 0.6) is 0 Å². The van der Waals surface area contributed by atoms with Gasteiger partial charge >= 0.3 is 0 Å². The fraction of sp³-hybridized carbons (Fsp3) is 0.357. The summed E-state index contributed by atoms with van der Waals surface area (Å²) in [5.74, 6) is -0.519. The fourth-order valence-corrected chi connectivity index (χ4v) is 2.07. The van der Waals surface area contributed by atoms with Gasteiger partial charge < -0.3 is 0 Å². The van der Waals surface area contributed by atoms with E-state index in [1.165, 1.54) is 11.8 Å². The minimum absolute atomic E-state index is 0.0878. The second-order valence-corrected chi connectivity index (χ2v) is 5.20. The van der Waals surface area contributed by atoms with E-state index in [9.17, 15) is 14.4 Å². The number of benzene rings is 1. The zero-order valence-electron chi connectivity index (χ0n) is 10.7. The molecule has 18 heavy (non-hydrogen) atoms. The molecule has 0 unspecified atom stereocenters. The van der Waals surface area contributed by atoms with Crippen molar-refractivity contribution in [3.8, 4) is 0 Å². The van der Waals surface area contributed by atoms with E-state index in [0.717, 1.165) is 0 Å². The molecule has 4 heteroatoms. The summed E-state index contributed by atoms with van der Waals surface area (Å²) in [6.07, 6.45) is 0.204. The Labute approximate surface area is 106 Å². The number of hydrogen-bond donors (Lipinski definition) is 0. The van der Waals surface area contributed by atoms with Crippen molar-refractivity contribution in [1.82, 2.24) is 0 Å². The van der Waals surface area contributed by atoms with Crippen molar-refractivity contribution in [2.45, 2.75) is 27.2 Å². The van der Waals surface area contributed by atoms with Crippen LogP contribution in [0.1, 0.15) is 37.6 Å². The third-order valence-corrected chi connectivity index (χ3v) is 3.14. The summed E-state index contributed by atoms with van der Waals surface area (Å²) in [5, 5.41) is 0. The van der Waals surface area contributed by atoms with Gasteiger partial charge in [0.25, 0.3) is 0 Å². The van der Waals surface area contributed by atoms with Crippen molar-refractivity contribution in [1.29, 1.82) is 0 Å². The minimum atomic E-state index is -0.663. The van der Waals surface area contributed by atoms with Gasteiger partial charge in [0.2, 0.25) is 11.8 Å². The summed E-state index contributed by atoms with van der Waals surface area (Å²) in [5.41, 5.74) is 0.310. The number of anilines is 1. The first-order valence-corrected chi connectivity index (χ1v) is 5.81. The molecule has 1 aliphatic heterocycles. The Kier molecular flexibility index (Phi) is 2.81. The topological polar surface area (TPSA) is 54.5 Å². The van der Waals surface area contributed by atoms with Crippen LogP contribution in [0.2, 0.25) is 0 Å². The number of rotatable bonds is 2. The van der Waals surface area contributed by atoms with Crippen LogP contribution in [-0.4, -0.2) is 17.6 Å². The Morgan fingerprint density at radius 3 is 2.44 bits per heavy atom. The molecular formula is C14H15NO3. The van der Waals surface area contributed by atoms with Gasteiger partial charge in [0.05, 0.1) is 11.1 Å². The third kappa shape index (κ3) is 1.94. The number of amides is 2. The highest BCUT2D eigenvalue weighted by atomic mass is 16.2. The molecule has 1 saturated heterocycles. The molecule has 0 radical (unpaired) electrons. The summed E-state index contributed by atoms with van der Waals surface area (Å²) >= 11 is 0. The molecular weight excluding hydrogens is 230 g/mol. The van der Waals surface area contributed by atoms with E-state index < -0.39 is 5.41 Å². The highest BCUT2D eigenvalue weighted by Crippen LogP contribution is 2.35. The number of nitrogens with zero attached hydrogens (tertiary/aromatic N) is 1. The predicted molar refractivity (Wildman–Crippen MR) is 67.3 cm³/mol. The van der Waals surface area contributed by atoms with Gasteiger partial charge in [0.15, 0.2) is 5.78 Å². The molecule has 1 heterocycles. The monoisotopic (exact) mass is 245 g/mol. The summed E-state index contributed by atoms with van der Waals surface area (Å²) in [6.45, 7) is 4.96. The number of hydrogen-bond acceptors (Lipinski definition) is 3. The van der Waals surface area contributed by atoms with Crippen LogP contribution in [0.3, 0.4) is 0 Å². The average Bonchev–Trinajstić information content (AvgIpc) is 2.48. The van der Waals surface area contributed by atoms with Crippen molar-refractivity contribution >= 4 is 23.3 Å². The van der Waals surface area contributed by atoms with E-state index in [1.54, 1.807) is 38.1 Å². The van der Waals surface area contributed by atoms with Crippen molar-refractivity contribution in [2.75, 3.05) is 4.90 Å². The molecule has 0 saturated carbocycles. The molecule has 2 amide bonds. The molecule has 4 nitrogen and oxygen atoms in total. The second-order valence-electron chi connectivity index (χ2n) is 5.20. The highest BCUT2D eigenvalue weighted by molar-refractivity contribution is 6.22. The zero-order chi connectivity index (χ0) is 13.5. The SMILES string of the molecule is CC(=O)c1cccc(N2C(=O)CC(C)(C)C2=O)c1. The van der Waals surface area contributed by atoms with Gasteiger partial charge in [0.1, 0.15) is 0 Å². The van der Waals surface area contributed by atoms with E-state index in [2.05, 4.69) is 0 Å². The van der Waals surface area contributed by atoms with Gasteiger partial charge in [-0.15, -0.1) is 0 Å². The van der Waals surface area contributed by atoms with Crippen LogP contribution in [0, 0.1) is 5.41 Å². The average molecular weight is 245 g/mol. The first kappa shape index (κ1) is 12.5. The molecule has 1 fully saturated rings. The molecule has 0 aromatic heterocycles. The number of ketones is 1. The lowest BCUT2D eigenvalue weighted by atomic mass is 9.92. The van der Waals surface area contributed by atoms with Gasteiger partial charge in [-0.1, -0.05) is 26.0 Å². The molecule has 1 aromatic rings. The zero-order valence-corrected chi connectivity index (χ0v) is 10.7. The maximum atomic E-state index is 12.1. The Morgan fingerprint density at radius 2 is 1.94 bits per heavy atom. The van der Waals surface area contributed by atoms with Crippen LogP contribution >= 0.6 is 0 Å². The summed E-state index contributed by atoms with van der Waals surface area (Å²) in [4.78, 5) is 36.5. The Morgan fingerprint density at radius 1 is 1.28 bits per heavy atom. The molecule has 1 aromatic carbocycles. The van der Waals surface area contributed by atoms with Gasteiger partial charge in [-0.3, -0.25) is 19.3 Å². The largest absolute Gasteiger partial charge is 0.295 e. The summed E-state index contributed by atoms with van der Waals surface area (Å²) < 4.78 is 0. The summed E-state index contributed by atoms with van der Waals surface area (Å²) in [7, 11) is 0. The van der Waals surface area contributed by atoms with Gasteiger partial charge in [-0.05, 0) is 19.1 Å².